The van der Waals surface area contributed by atoms with Gasteiger partial charge in [-0.3, -0.25) is 4.68 Å². The SMILES string of the molecule is CCn1nc(C)c(C(C)NC[C@H](C)O)c1C. The molecule has 2 atom stereocenters. The molecule has 1 rings (SSSR count). The minimum absolute atomic E-state index is 0.231. The second kappa shape index (κ2) is 5.46. The van der Waals surface area contributed by atoms with Crippen molar-refractivity contribution in [3.8, 4) is 0 Å². The van der Waals surface area contributed by atoms with E-state index in [1.54, 1.807) is 6.92 Å². The quantitative estimate of drug-likeness (QED) is 0.799. The molecular weight excluding hydrogens is 202 g/mol. The number of aromatic nitrogens is 2. The first-order valence-electron chi connectivity index (χ1n) is 5.92. The smallest absolute Gasteiger partial charge is 0.0644 e. The van der Waals surface area contributed by atoms with Crippen LogP contribution in [0.2, 0.25) is 0 Å². The molecule has 1 aromatic heterocycles. The number of aliphatic hydroxyl groups is 1. The molecule has 0 radical (unpaired) electrons. The third-order valence-electron chi connectivity index (χ3n) is 2.89. The second-order valence-corrected chi connectivity index (χ2v) is 4.38. The van der Waals surface area contributed by atoms with E-state index in [0.29, 0.717) is 6.54 Å². The van der Waals surface area contributed by atoms with Crippen LogP contribution in [0, 0.1) is 13.8 Å². The highest BCUT2D eigenvalue weighted by Crippen LogP contribution is 2.21. The van der Waals surface area contributed by atoms with Crippen molar-refractivity contribution in [2.45, 2.75) is 53.3 Å². The summed E-state index contributed by atoms with van der Waals surface area (Å²) in [5.74, 6) is 0. The van der Waals surface area contributed by atoms with Crippen LogP contribution >= 0.6 is 0 Å². The van der Waals surface area contributed by atoms with Crippen LogP contribution in [0.3, 0.4) is 0 Å². The Hall–Kier alpha value is -0.870. The molecule has 1 aromatic rings. The summed E-state index contributed by atoms with van der Waals surface area (Å²) in [5, 5.41) is 17.1. The third kappa shape index (κ3) is 2.83. The fourth-order valence-electron chi connectivity index (χ4n) is 2.09. The van der Waals surface area contributed by atoms with Gasteiger partial charge in [0.2, 0.25) is 0 Å². The highest BCUT2D eigenvalue weighted by atomic mass is 16.3. The average molecular weight is 225 g/mol. The van der Waals surface area contributed by atoms with Crippen LogP contribution in [-0.4, -0.2) is 27.5 Å². The van der Waals surface area contributed by atoms with Crippen LogP contribution < -0.4 is 5.32 Å². The molecule has 0 bridgehead atoms. The lowest BCUT2D eigenvalue weighted by molar-refractivity contribution is 0.187. The van der Waals surface area contributed by atoms with E-state index < -0.39 is 0 Å². The first kappa shape index (κ1) is 13.2. The molecular formula is C12H23N3O. The molecule has 4 heteroatoms. The number of nitrogens with zero attached hydrogens (tertiary/aromatic N) is 2. The standard InChI is InChI=1S/C12H23N3O/c1-6-15-11(5)12(10(4)14-15)9(3)13-7-8(2)16/h8-9,13,16H,6-7H2,1-5H3/t8-,9?/m0/s1. The molecule has 0 aromatic carbocycles. The molecule has 0 aliphatic rings. The Morgan fingerprint density at radius 2 is 2.00 bits per heavy atom. The zero-order valence-electron chi connectivity index (χ0n) is 10.9. The van der Waals surface area contributed by atoms with Crippen LogP contribution in [0.25, 0.3) is 0 Å². The highest BCUT2D eigenvalue weighted by molar-refractivity contribution is 5.27. The maximum atomic E-state index is 9.25. The molecule has 0 spiro atoms. The molecule has 1 heterocycles. The van der Waals surface area contributed by atoms with E-state index >= 15 is 0 Å². The van der Waals surface area contributed by atoms with Crippen molar-refractivity contribution in [3.63, 3.8) is 0 Å². The lowest BCUT2D eigenvalue weighted by Crippen LogP contribution is -2.27. The van der Waals surface area contributed by atoms with Crippen LogP contribution in [0.1, 0.15) is 43.8 Å². The lowest BCUT2D eigenvalue weighted by atomic mass is 10.1. The van der Waals surface area contributed by atoms with Gasteiger partial charge in [-0.2, -0.15) is 5.10 Å². The van der Waals surface area contributed by atoms with Crippen molar-refractivity contribution in [2.75, 3.05) is 6.54 Å². The Morgan fingerprint density at radius 1 is 1.38 bits per heavy atom. The van der Waals surface area contributed by atoms with Crippen molar-refractivity contribution in [1.82, 2.24) is 15.1 Å². The number of aliphatic hydroxyl groups excluding tert-OH is 1. The summed E-state index contributed by atoms with van der Waals surface area (Å²) in [6.07, 6.45) is -0.315. The molecule has 0 saturated heterocycles. The molecule has 16 heavy (non-hydrogen) atoms. The van der Waals surface area contributed by atoms with Crippen molar-refractivity contribution < 1.29 is 5.11 Å². The van der Waals surface area contributed by atoms with Gasteiger partial charge in [0, 0.05) is 30.4 Å². The van der Waals surface area contributed by atoms with Gasteiger partial charge in [-0.05, 0) is 34.6 Å². The number of hydrogen-bond donors (Lipinski definition) is 2. The minimum atomic E-state index is -0.315. The second-order valence-electron chi connectivity index (χ2n) is 4.38. The average Bonchev–Trinajstić information content (AvgIpc) is 2.50. The fourth-order valence-corrected chi connectivity index (χ4v) is 2.09. The third-order valence-corrected chi connectivity index (χ3v) is 2.89. The van der Waals surface area contributed by atoms with Gasteiger partial charge in [-0.15, -0.1) is 0 Å². The summed E-state index contributed by atoms with van der Waals surface area (Å²) in [5.41, 5.74) is 3.54. The fraction of sp³-hybridized carbons (Fsp3) is 0.750. The highest BCUT2D eigenvalue weighted by Gasteiger charge is 2.16. The first-order chi connectivity index (χ1) is 7.47. The molecule has 92 valence electrons. The summed E-state index contributed by atoms with van der Waals surface area (Å²) >= 11 is 0. The Kier molecular flexibility index (Phi) is 4.50. The maximum absolute atomic E-state index is 9.25. The molecule has 1 unspecified atom stereocenters. The molecule has 4 nitrogen and oxygen atoms in total. The molecule has 0 aliphatic carbocycles. The van der Waals surface area contributed by atoms with Gasteiger partial charge in [-0.25, -0.2) is 0 Å². The summed E-state index contributed by atoms with van der Waals surface area (Å²) < 4.78 is 2.02. The van der Waals surface area contributed by atoms with Crippen molar-refractivity contribution in [3.05, 3.63) is 17.0 Å². The van der Waals surface area contributed by atoms with E-state index in [4.69, 9.17) is 0 Å². The Labute approximate surface area is 97.7 Å². The first-order valence-corrected chi connectivity index (χ1v) is 5.92. The molecule has 0 saturated carbocycles. The predicted molar refractivity (Wildman–Crippen MR) is 65.5 cm³/mol. The summed E-state index contributed by atoms with van der Waals surface area (Å²) in [7, 11) is 0. The largest absolute Gasteiger partial charge is 0.392 e. The van der Waals surface area contributed by atoms with Crippen LogP contribution in [0.15, 0.2) is 0 Å². The number of hydrogen-bond acceptors (Lipinski definition) is 3. The van der Waals surface area contributed by atoms with Gasteiger partial charge in [0.25, 0.3) is 0 Å². The zero-order chi connectivity index (χ0) is 12.3. The van der Waals surface area contributed by atoms with E-state index in [1.807, 2.05) is 11.6 Å². The Morgan fingerprint density at radius 3 is 2.44 bits per heavy atom. The van der Waals surface area contributed by atoms with E-state index in [0.717, 1.165) is 12.2 Å². The summed E-state index contributed by atoms with van der Waals surface area (Å²) in [4.78, 5) is 0. The van der Waals surface area contributed by atoms with Gasteiger partial charge in [0.15, 0.2) is 0 Å². The summed E-state index contributed by atoms with van der Waals surface area (Å²) in [6, 6.07) is 0.231. The zero-order valence-corrected chi connectivity index (χ0v) is 10.9. The Balaban J connectivity index is 2.82. The van der Waals surface area contributed by atoms with E-state index in [9.17, 15) is 5.11 Å². The van der Waals surface area contributed by atoms with Crippen molar-refractivity contribution in [2.24, 2.45) is 0 Å². The van der Waals surface area contributed by atoms with E-state index in [1.165, 1.54) is 11.3 Å². The monoisotopic (exact) mass is 225 g/mol. The van der Waals surface area contributed by atoms with E-state index in [2.05, 4.69) is 31.2 Å². The van der Waals surface area contributed by atoms with Gasteiger partial charge in [0.1, 0.15) is 0 Å². The van der Waals surface area contributed by atoms with Gasteiger partial charge in [0.05, 0.1) is 11.8 Å². The maximum Gasteiger partial charge on any atom is 0.0644 e. The normalized spacial score (nSPS) is 15.1. The molecule has 2 N–H and O–H groups in total. The summed E-state index contributed by atoms with van der Waals surface area (Å²) in [6.45, 7) is 11.6. The molecule has 0 amide bonds. The van der Waals surface area contributed by atoms with E-state index in [-0.39, 0.29) is 12.1 Å². The number of nitrogens with one attached hydrogen (secondary N) is 1. The minimum Gasteiger partial charge on any atom is -0.392 e. The lowest BCUT2D eigenvalue weighted by Gasteiger charge is -2.16. The van der Waals surface area contributed by atoms with Crippen molar-refractivity contribution in [1.29, 1.82) is 0 Å². The molecule has 0 aliphatic heterocycles. The van der Waals surface area contributed by atoms with Crippen LogP contribution in [0.4, 0.5) is 0 Å². The van der Waals surface area contributed by atoms with Gasteiger partial charge >= 0.3 is 0 Å². The van der Waals surface area contributed by atoms with Crippen LogP contribution in [0.5, 0.6) is 0 Å². The van der Waals surface area contributed by atoms with Gasteiger partial charge in [-0.1, -0.05) is 0 Å². The Bertz CT molecular complexity index is 344. The van der Waals surface area contributed by atoms with Crippen molar-refractivity contribution >= 4 is 0 Å². The topological polar surface area (TPSA) is 50.1 Å². The number of rotatable bonds is 5. The molecule has 0 fully saturated rings. The van der Waals surface area contributed by atoms with Gasteiger partial charge < -0.3 is 10.4 Å². The predicted octanol–water partition coefficient (Wildman–Crippen LogP) is 1.55. The number of aryl methyl sites for hydroxylation is 2. The van der Waals surface area contributed by atoms with Crippen LogP contribution in [-0.2, 0) is 6.54 Å².